The van der Waals surface area contributed by atoms with Gasteiger partial charge < -0.3 is 9.80 Å². The van der Waals surface area contributed by atoms with Crippen LogP contribution in [0.15, 0.2) is 60.1 Å². The zero-order chi connectivity index (χ0) is 15.6. The maximum absolute atomic E-state index is 4.45. The summed E-state index contributed by atoms with van der Waals surface area (Å²) in [6, 6.07) is 17.4. The monoisotopic (exact) mass is 321 g/mol. The maximum atomic E-state index is 4.45. The molecule has 0 atom stereocenters. The van der Waals surface area contributed by atoms with Crippen LogP contribution in [0.4, 0.5) is 11.4 Å². The first-order valence-corrected chi connectivity index (χ1v) is 8.73. The van der Waals surface area contributed by atoms with Crippen LogP contribution in [-0.2, 0) is 6.54 Å². The lowest BCUT2D eigenvalue weighted by atomic mass is 10.1. The van der Waals surface area contributed by atoms with Gasteiger partial charge in [-0.25, -0.2) is 4.98 Å². The number of fused-ring (bicyclic) bond motifs is 1. The normalized spacial score (nSPS) is 15.3. The molecule has 0 bridgehead atoms. The van der Waals surface area contributed by atoms with Crippen molar-refractivity contribution < 1.29 is 0 Å². The molecule has 2 aromatic carbocycles. The van der Waals surface area contributed by atoms with Crippen LogP contribution < -0.4 is 4.90 Å². The quantitative estimate of drug-likeness (QED) is 0.697. The number of para-hydroxylation sites is 1. The standard InChI is InChI=1S/C19H19N3S/c1-21-10-11-22(17-5-3-2-4-6-17)18-8-7-15(13-16(18)14-21)19-20-9-12-23-19/h2-9,12-13H,10-11,14H2,1H3. The van der Waals surface area contributed by atoms with Gasteiger partial charge in [0.15, 0.2) is 0 Å². The van der Waals surface area contributed by atoms with E-state index in [0.29, 0.717) is 0 Å². The van der Waals surface area contributed by atoms with Gasteiger partial charge in [0.05, 0.1) is 0 Å². The highest BCUT2D eigenvalue weighted by atomic mass is 32.1. The highest BCUT2D eigenvalue weighted by Crippen LogP contribution is 2.34. The SMILES string of the molecule is CN1CCN(c2ccccc2)c2ccc(-c3nccs3)cc2C1. The van der Waals surface area contributed by atoms with Gasteiger partial charge in [-0.15, -0.1) is 11.3 Å². The average molecular weight is 321 g/mol. The number of thiazole rings is 1. The summed E-state index contributed by atoms with van der Waals surface area (Å²) in [6.07, 6.45) is 1.87. The third-order valence-corrected chi connectivity index (χ3v) is 5.09. The van der Waals surface area contributed by atoms with Gasteiger partial charge in [0.2, 0.25) is 0 Å². The number of hydrogen-bond donors (Lipinski definition) is 0. The molecule has 3 aromatic rings. The smallest absolute Gasteiger partial charge is 0.123 e. The molecule has 1 aliphatic heterocycles. The van der Waals surface area contributed by atoms with Crippen LogP contribution in [-0.4, -0.2) is 30.0 Å². The van der Waals surface area contributed by atoms with Gasteiger partial charge in [-0.05, 0) is 42.9 Å². The zero-order valence-corrected chi connectivity index (χ0v) is 14.0. The minimum Gasteiger partial charge on any atom is -0.340 e. The molecule has 4 rings (SSSR count). The third kappa shape index (κ3) is 2.87. The number of nitrogens with zero attached hydrogens (tertiary/aromatic N) is 3. The van der Waals surface area contributed by atoms with Gasteiger partial charge in [-0.2, -0.15) is 0 Å². The van der Waals surface area contributed by atoms with E-state index < -0.39 is 0 Å². The van der Waals surface area contributed by atoms with E-state index in [1.165, 1.54) is 22.5 Å². The van der Waals surface area contributed by atoms with Crippen molar-refractivity contribution >= 4 is 22.7 Å². The van der Waals surface area contributed by atoms with Crippen LogP contribution in [0.25, 0.3) is 10.6 Å². The van der Waals surface area contributed by atoms with Crippen molar-refractivity contribution in [2.75, 3.05) is 25.0 Å². The van der Waals surface area contributed by atoms with Crippen LogP contribution in [0.1, 0.15) is 5.56 Å². The molecule has 0 saturated heterocycles. The molecule has 0 amide bonds. The number of aromatic nitrogens is 1. The van der Waals surface area contributed by atoms with E-state index in [0.717, 1.165) is 24.6 Å². The number of benzene rings is 2. The topological polar surface area (TPSA) is 19.4 Å². The van der Waals surface area contributed by atoms with Gasteiger partial charge >= 0.3 is 0 Å². The summed E-state index contributed by atoms with van der Waals surface area (Å²) in [7, 11) is 2.19. The highest BCUT2D eigenvalue weighted by molar-refractivity contribution is 7.13. The van der Waals surface area contributed by atoms with Crippen molar-refractivity contribution in [1.29, 1.82) is 0 Å². The molecule has 23 heavy (non-hydrogen) atoms. The van der Waals surface area contributed by atoms with Crippen molar-refractivity contribution in [2.24, 2.45) is 0 Å². The summed E-state index contributed by atoms with van der Waals surface area (Å²) in [5.41, 5.74) is 5.13. The Labute approximate surface area is 140 Å². The van der Waals surface area contributed by atoms with E-state index in [-0.39, 0.29) is 0 Å². The molecule has 0 saturated carbocycles. The Bertz CT molecular complexity index is 784. The second kappa shape index (κ2) is 6.14. The largest absolute Gasteiger partial charge is 0.340 e. The minimum absolute atomic E-state index is 0.970. The summed E-state index contributed by atoms with van der Waals surface area (Å²) >= 11 is 1.69. The maximum Gasteiger partial charge on any atom is 0.123 e. The van der Waals surface area contributed by atoms with Crippen LogP contribution in [0, 0.1) is 0 Å². The molecule has 0 unspecified atom stereocenters. The zero-order valence-electron chi connectivity index (χ0n) is 13.1. The Kier molecular flexibility index (Phi) is 3.85. The van der Waals surface area contributed by atoms with E-state index in [4.69, 9.17) is 0 Å². The molecule has 1 aromatic heterocycles. The molecule has 0 radical (unpaired) electrons. The minimum atomic E-state index is 0.970. The van der Waals surface area contributed by atoms with Crippen LogP contribution in [0.3, 0.4) is 0 Å². The molecular formula is C19H19N3S. The third-order valence-electron chi connectivity index (χ3n) is 4.26. The fraction of sp³-hybridized carbons (Fsp3) is 0.211. The predicted molar refractivity (Wildman–Crippen MR) is 97.3 cm³/mol. The first kappa shape index (κ1) is 14.4. The number of hydrogen-bond acceptors (Lipinski definition) is 4. The van der Waals surface area contributed by atoms with Gasteiger partial charge in [0, 0.05) is 48.1 Å². The Balaban J connectivity index is 1.79. The Morgan fingerprint density at radius 3 is 2.70 bits per heavy atom. The average Bonchev–Trinajstić information content (AvgIpc) is 3.06. The van der Waals surface area contributed by atoms with Crippen molar-refractivity contribution in [1.82, 2.24) is 9.88 Å². The van der Waals surface area contributed by atoms with Gasteiger partial charge in [0.1, 0.15) is 5.01 Å². The molecular weight excluding hydrogens is 302 g/mol. The summed E-state index contributed by atoms with van der Waals surface area (Å²) < 4.78 is 0. The van der Waals surface area contributed by atoms with Crippen molar-refractivity contribution in [3.05, 3.63) is 65.7 Å². The van der Waals surface area contributed by atoms with E-state index in [2.05, 4.69) is 70.4 Å². The lowest BCUT2D eigenvalue weighted by molar-refractivity contribution is 0.343. The predicted octanol–water partition coefficient (Wildman–Crippen LogP) is 4.39. The summed E-state index contributed by atoms with van der Waals surface area (Å²) in [4.78, 5) is 9.25. The van der Waals surface area contributed by atoms with Crippen LogP contribution in [0.5, 0.6) is 0 Å². The molecule has 116 valence electrons. The molecule has 0 N–H and O–H groups in total. The summed E-state index contributed by atoms with van der Waals surface area (Å²) in [5, 5.41) is 3.12. The molecule has 0 aliphatic carbocycles. The van der Waals surface area contributed by atoms with Crippen LogP contribution >= 0.6 is 11.3 Å². The Morgan fingerprint density at radius 1 is 1.04 bits per heavy atom. The number of likely N-dealkylation sites (N-methyl/N-ethyl adjacent to an activating group) is 1. The fourth-order valence-electron chi connectivity index (χ4n) is 3.11. The molecule has 0 fully saturated rings. The van der Waals surface area contributed by atoms with E-state index in [1.807, 2.05) is 11.6 Å². The fourth-order valence-corrected chi connectivity index (χ4v) is 3.75. The second-order valence-electron chi connectivity index (χ2n) is 5.91. The lowest BCUT2D eigenvalue weighted by Gasteiger charge is -2.25. The van der Waals surface area contributed by atoms with Crippen LogP contribution in [0.2, 0.25) is 0 Å². The van der Waals surface area contributed by atoms with Gasteiger partial charge in [-0.3, -0.25) is 0 Å². The van der Waals surface area contributed by atoms with E-state index in [1.54, 1.807) is 11.3 Å². The van der Waals surface area contributed by atoms with Gasteiger partial charge in [-0.1, -0.05) is 18.2 Å². The van der Waals surface area contributed by atoms with Gasteiger partial charge in [0.25, 0.3) is 0 Å². The van der Waals surface area contributed by atoms with E-state index >= 15 is 0 Å². The highest BCUT2D eigenvalue weighted by Gasteiger charge is 2.19. The number of anilines is 2. The Hall–Kier alpha value is -2.17. The summed E-state index contributed by atoms with van der Waals surface area (Å²) in [6.45, 7) is 3.03. The molecule has 4 heteroatoms. The van der Waals surface area contributed by atoms with Crippen molar-refractivity contribution in [3.8, 4) is 10.6 Å². The number of rotatable bonds is 2. The van der Waals surface area contributed by atoms with Crippen molar-refractivity contribution in [3.63, 3.8) is 0 Å². The molecule has 0 spiro atoms. The first-order chi connectivity index (χ1) is 11.3. The second-order valence-corrected chi connectivity index (χ2v) is 6.80. The molecule has 2 heterocycles. The Morgan fingerprint density at radius 2 is 1.91 bits per heavy atom. The van der Waals surface area contributed by atoms with E-state index in [9.17, 15) is 0 Å². The first-order valence-electron chi connectivity index (χ1n) is 7.85. The van der Waals surface area contributed by atoms with Crippen molar-refractivity contribution in [2.45, 2.75) is 6.54 Å². The molecule has 3 nitrogen and oxygen atoms in total. The lowest BCUT2D eigenvalue weighted by Crippen LogP contribution is -2.26. The molecule has 1 aliphatic rings. The summed E-state index contributed by atoms with van der Waals surface area (Å²) in [5.74, 6) is 0.